The molecule has 0 fully saturated rings. The van der Waals surface area contributed by atoms with E-state index in [4.69, 9.17) is 9.94 Å². The molecule has 0 aliphatic heterocycles. The Morgan fingerprint density at radius 1 is 1.27 bits per heavy atom. The molecule has 0 spiro atoms. The predicted octanol–water partition coefficient (Wildman–Crippen LogP) is 2.77. The van der Waals surface area contributed by atoms with Crippen molar-refractivity contribution >= 4 is 17.6 Å². The van der Waals surface area contributed by atoms with Crippen molar-refractivity contribution < 1.29 is 24.6 Å². The van der Waals surface area contributed by atoms with E-state index in [1.54, 1.807) is 12.2 Å². The predicted molar refractivity (Wildman–Crippen MR) is 114 cm³/mol. The monoisotopic (exact) mass is 414 g/mol. The van der Waals surface area contributed by atoms with Gasteiger partial charge in [0.25, 0.3) is 5.91 Å². The van der Waals surface area contributed by atoms with Crippen molar-refractivity contribution in [1.29, 1.82) is 0 Å². The molecule has 0 bridgehead atoms. The Kier molecular flexibility index (Phi) is 8.35. The van der Waals surface area contributed by atoms with E-state index in [9.17, 15) is 14.7 Å². The fraction of sp³-hybridized carbons (Fsp3) is 0.435. The van der Waals surface area contributed by atoms with Crippen LogP contribution in [-0.4, -0.2) is 46.7 Å². The molecule has 1 aromatic carbocycles. The van der Waals surface area contributed by atoms with E-state index < -0.39 is 23.5 Å². The molecule has 1 aliphatic carbocycles. The zero-order valence-electron chi connectivity index (χ0n) is 17.7. The number of rotatable bonds is 9. The van der Waals surface area contributed by atoms with Gasteiger partial charge in [0.05, 0.1) is 12.7 Å². The van der Waals surface area contributed by atoms with Gasteiger partial charge in [-0.2, -0.15) is 0 Å². The number of benzene rings is 1. The SMILES string of the molecule is COC(=O)[C@H](CC1=CCC(O)(Cc2ccccc2)C=C1)NC(=O)C(CC(C)C)=NO. The summed E-state index contributed by atoms with van der Waals surface area (Å²) in [5, 5.41) is 25.6. The Morgan fingerprint density at radius 3 is 2.50 bits per heavy atom. The molecule has 1 aliphatic rings. The second-order valence-electron chi connectivity index (χ2n) is 7.98. The first-order valence-corrected chi connectivity index (χ1v) is 10.0. The van der Waals surface area contributed by atoms with E-state index in [0.29, 0.717) is 12.8 Å². The highest BCUT2D eigenvalue weighted by Crippen LogP contribution is 2.27. The highest BCUT2D eigenvalue weighted by molar-refractivity contribution is 6.39. The number of allylic oxidation sites excluding steroid dienone is 1. The van der Waals surface area contributed by atoms with Gasteiger partial charge in [0, 0.05) is 19.3 Å². The van der Waals surface area contributed by atoms with Crippen LogP contribution >= 0.6 is 0 Å². The average Bonchev–Trinajstić information content (AvgIpc) is 2.73. The third-order valence-electron chi connectivity index (χ3n) is 4.89. The summed E-state index contributed by atoms with van der Waals surface area (Å²) in [5.41, 5.74) is 0.796. The molecule has 3 N–H and O–H groups in total. The summed E-state index contributed by atoms with van der Waals surface area (Å²) in [7, 11) is 1.25. The van der Waals surface area contributed by atoms with Gasteiger partial charge < -0.3 is 20.4 Å². The van der Waals surface area contributed by atoms with E-state index in [1.165, 1.54) is 7.11 Å². The van der Waals surface area contributed by atoms with Crippen LogP contribution in [0.2, 0.25) is 0 Å². The summed E-state index contributed by atoms with van der Waals surface area (Å²) in [4.78, 5) is 24.6. The number of ether oxygens (including phenoxy) is 1. The lowest BCUT2D eigenvalue weighted by atomic mass is 9.85. The van der Waals surface area contributed by atoms with Crippen molar-refractivity contribution in [2.24, 2.45) is 11.1 Å². The highest BCUT2D eigenvalue weighted by atomic mass is 16.5. The Labute approximate surface area is 177 Å². The van der Waals surface area contributed by atoms with Gasteiger partial charge in [0.1, 0.15) is 11.8 Å². The molecule has 7 nitrogen and oxygen atoms in total. The second kappa shape index (κ2) is 10.7. The zero-order valence-corrected chi connectivity index (χ0v) is 17.7. The Hall–Kier alpha value is -2.93. The van der Waals surface area contributed by atoms with Crippen LogP contribution in [0.3, 0.4) is 0 Å². The molecule has 30 heavy (non-hydrogen) atoms. The Bertz CT molecular complexity index is 829. The lowest BCUT2D eigenvalue weighted by Crippen LogP contribution is -2.45. The maximum atomic E-state index is 12.4. The third kappa shape index (κ3) is 6.84. The first-order chi connectivity index (χ1) is 14.3. The smallest absolute Gasteiger partial charge is 0.328 e. The van der Waals surface area contributed by atoms with Gasteiger partial charge in [-0.3, -0.25) is 4.79 Å². The Balaban J connectivity index is 2.03. The molecule has 0 radical (unpaired) electrons. The van der Waals surface area contributed by atoms with Gasteiger partial charge in [0.2, 0.25) is 0 Å². The lowest BCUT2D eigenvalue weighted by Gasteiger charge is -2.27. The number of hydrogen-bond acceptors (Lipinski definition) is 6. The molecule has 0 heterocycles. The van der Waals surface area contributed by atoms with Gasteiger partial charge in [-0.15, -0.1) is 0 Å². The van der Waals surface area contributed by atoms with E-state index in [2.05, 4.69) is 10.5 Å². The van der Waals surface area contributed by atoms with Crippen LogP contribution in [0.15, 0.2) is 59.3 Å². The number of oxime groups is 1. The third-order valence-corrected chi connectivity index (χ3v) is 4.89. The average molecular weight is 415 g/mol. The van der Waals surface area contributed by atoms with E-state index in [-0.39, 0.29) is 24.5 Å². The van der Waals surface area contributed by atoms with Crippen LogP contribution in [0.1, 0.15) is 38.7 Å². The van der Waals surface area contributed by atoms with Gasteiger partial charge in [-0.1, -0.05) is 67.6 Å². The van der Waals surface area contributed by atoms with Crippen molar-refractivity contribution in [2.45, 2.75) is 51.2 Å². The van der Waals surface area contributed by atoms with Crippen LogP contribution in [-0.2, 0) is 20.7 Å². The van der Waals surface area contributed by atoms with Gasteiger partial charge in [0.15, 0.2) is 0 Å². The van der Waals surface area contributed by atoms with Crippen molar-refractivity contribution in [3.63, 3.8) is 0 Å². The summed E-state index contributed by atoms with van der Waals surface area (Å²) in [6.45, 7) is 3.79. The van der Waals surface area contributed by atoms with E-state index in [1.807, 2.05) is 50.3 Å². The molecule has 162 valence electrons. The number of nitrogens with one attached hydrogen (secondary N) is 1. The summed E-state index contributed by atoms with van der Waals surface area (Å²) in [6.07, 6.45) is 6.72. The summed E-state index contributed by atoms with van der Waals surface area (Å²) >= 11 is 0. The van der Waals surface area contributed by atoms with Crippen molar-refractivity contribution in [1.82, 2.24) is 5.32 Å². The molecule has 0 aromatic heterocycles. The van der Waals surface area contributed by atoms with Crippen LogP contribution in [0, 0.1) is 5.92 Å². The molecule has 1 aromatic rings. The molecule has 2 rings (SSSR count). The second-order valence-corrected chi connectivity index (χ2v) is 7.98. The van der Waals surface area contributed by atoms with Gasteiger partial charge in [-0.05, 0) is 23.5 Å². The molecule has 2 atom stereocenters. The number of methoxy groups -OCH3 is 1. The number of carbonyl (C=O) groups is 2. The molecular weight excluding hydrogens is 384 g/mol. The molecular formula is C23H30N2O5. The fourth-order valence-corrected chi connectivity index (χ4v) is 3.32. The van der Waals surface area contributed by atoms with Crippen LogP contribution in [0.5, 0.6) is 0 Å². The summed E-state index contributed by atoms with van der Waals surface area (Å²) < 4.78 is 4.81. The number of nitrogens with zero attached hydrogens (tertiary/aromatic N) is 1. The van der Waals surface area contributed by atoms with Gasteiger partial charge >= 0.3 is 5.97 Å². The number of amides is 1. The largest absolute Gasteiger partial charge is 0.467 e. The van der Waals surface area contributed by atoms with Crippen LogP contribution in [0.4, 0.5) is 0 Å². The Morgan fingerprint density at radius 2 is 1.97 bits per heavy atom. The molecule has 0 saturated carbocycles. The zero-order chi connectivity index (χ0) is 22.1. The van der Waals surface area contributed by atoms with Crippen LogP contribution in [0.25, 0.3) is 0 Å². The maximum absolute atomic E-state index is 12.4. The molecule has 7 heteroatoms. The van der Waals surface area contributed by atoms with Crippen molar-refractivity contribution in [3.05, 3.63) is 59.7 Å². The minimum Gasteiger partial charge on any atom is -0.467 e. The quantitative estimate of drug-likeness (QED) is 0.249. The minimum absolute atomic E-state index is 0.0377. The molecule has 1 unspecified atom stereocenters. The summed E-state index contributed by atoms with van der Waals surface area (Å²) in [5.74, 6) is -1.09. The minimum atomic E-state index is -0.997. The number of carbonyl (C=O) groups excluding carboxylic acids is 2. The van der Waals surface area contributed by atoms with Crippen molar-refractivity contribution in [2.75, 3.05) is 7.11 Å². The number of aliphatic hydroxyl groups is 1. The van der Waals surface area contributed by atoms with Crippen LogP contribution < -0.4 is 5.32 Å². The fourth-order valence-electron chi connectivity index (χ4n) is 3.32. The van der Waals surface area contributed by atoms with Gasteiger partial charge in [-0.25, -0.2) is 4.79 Å². The molecule has 1 amide bonds. The lowest BCUT2D eigenvalue weighted by molar-refractivity contribution is -0.144. The first kappa shape index (κ1) is 23.3. The molecule has 0 saturated heterocycles. The first-order valence-electron chi connectivity index (χ1n) is 10.0. The highest BCUT2D eigenvalue weighted by Gasteiger charge is 2.29. The van der Waals surface area contributed by atoms with E-state index >= 15 is 0 Å². The number of hydrogen-bond donors (Lipinski definition) is 3. The van der Waals surface area contributed by atoms with E-state index in [0.717, 1.165) is 11.1 Å². The van der Waals surface area contributed by atoms with Crippen molar-refractivity contribution in [3.8, 4) is 0 Å². The number of esters is 1. The maximum Gasteiger partial charge on any atom is 0.328 e. The summed E-state index contributed by atoms with van der Waals surface area (Å²) in [6, 6.07) is 8.79. The normalized spacial score (nSPS) is 19.9. The standard InChI is InChI=1S/C23H30N2O5/c1-16(2)13-19(25-29)21(26)24-20(22(27)30-3)14-17-9-11-23(28,12-10-17)15-18-7-5-4-6-8-18/h4-11,16,20,28-29H,12-15H2,1-3H3,(H,24,26)/t20-,23?/m0/s1. The topological polar surface area (TPSA) is 108 Å².